The molecular weight excluding hydrogens is 244 g/mol. The SMILES string of the molecule is CC(O)c1ccc(N2CCN3C(=O)NCC3C2)cn1. The number of urea groups is 1. The second-order valence-corrected chi connectivity index (χ2v) is 5.10. The van der Waals surface area contributed by atoms with Crippen molar-refractivity contribution >= 4 is 11.7 Å². The van der Waals surface area contributed by atoms with Crippen molar-refractivity contribution < 1.29 is 9.90 Å². The van der Waals surface area contributed by atoms with Crippen LogP contribution in [0.3, 0.4) is 0 Å². The van der Waals surface area contributed by atoms with Gasteiger partial charge in [0.25, 0.3) is 0 Å². The van der Waals surface area contributed by atoms with Crippen LogP contribution >= 0.6 is 0 Å². The zero-order valence-corrected chi connectivity index (χ0v) is 10.9. The number of carbonyl (C=O) groups is 1. The molecule has 6 nitrogen and oxygen atoms in total. The van der Waals surface area contributed by atoms with Gasteiger partial charge in [0, 0.05) is 26.2 Å². The van der Waals surface area contributed by atoms with E-state index >= 15 is 0 Å². The minimum atomic E-state index is -0.539. The van der Waals surface area contributed by atoms with Gasteiger partial charge in [-0.25, -0.2) is 4.79 Å². The number of hydrogen-bond donors (Lipinski definition) is 2. The van der Waals surface area contributed by atoms with E-state index in [1.165, 1.54) is 0 Å². The van der Waals surface area contributed by atoms with E-state index in [-0.39, 0.29) is 12.1 Å². The average molecular weight is 262 g/mol. The Hall–Kier alpha value is -1.82. The third-order valence-corrected chi connectivity index (χ3v) is 3.80. The van der Waals surface area contributed by atoms with Crippen LogP contribution in [-0.4, -0.2) is 53.2 Å². The number of aliphatic hydroxyl groups is 1. The minimum absolute atomic E-state index is 0.0484. The van der Waals surface area contributed by atoms with Crippen LogP contribution < -0.4 is 10.2 Å². The number of piperazine rings is 1. The first-order chi connectivity index (χ1) is 9.15. The van der Waals surface area contributed by atoms with Crippen LogP contribution in [0.4, 0.5) is 10.5 Å². The molecule has 0 bridgehead atoms. The Morgan fingerprint density at radius 3 is 3.00 bits per heavy atom. The molecule has 6 heteroatoms. The van der Waals surface area contributed by atoms with Crippen molar-refractivity contribution in [1.29, 1.82) is 0 Å². The summed E-state index contributed by atoms with van der Waals surface area (Å²) in [5, 5.41) is 12.3. The molecule has 0 spiro atoms. The summed E-state index contributed by atoms with van der Waals surface area (Å²) in [7, 11) is 0. The normalized spacial score (nSPS) is 24.1. The number of nitrogens with zero attached hydrogens (tertiary/aromatic N) is 3. The van der Waals surface area contributed by atoms with Crippen LogP contribution in [0, 0.1) is 0 Å². The summed E-state index contributed by atoms with van der Waals surface area (Å²) in [5.41, 5.74) is 1.73. The molecule has 2 aliphatic rings. The molecule has 2 amide bonds. The Bertz CT molecular complexity index is 474. The smallest absolute Gasteiger partial charge is 0.317 e. The number of nitrogens with one attached hydrogen (secondary N) is 1. The number of pyridine rings is 1. The van der Waals surface area contributed by atoms with E-state index in [0.29, 0.717) is 12.2 Å². The number of fused-ring (bicyclic) bond motifs is 1. The van der Waals surface area contributed by atoms with E-state index in [9.17, 15) is 9.90 Å². The summed E-state index contributed by atoms with van der Waals surface area (Å²) < 4.78 is 0. The van der Waals surface area contributed by atoms with Gasteiger partial charge in [0.2, 0.25) is 0 Å². The number of carbonyl (C=O) groups excluding carboxylic acids is 1. The van der Waals surface area contributed by atoms with Gasteiger partial charge in [-0.3, -0.25) is 4.98 Å². The molecule has 0 saturated carbocycles. The van der Waals surface area contributed by atoms with Gasteiger partial charge in [-0.15, -0.1) is 0 Å². The molecule has 2 atom stereocenters. The van der Waals surface area contributed by atoms with Crippen LogP contribution in [0.25, 0.3) is 0 Å². The van der Waals surface area contributed by atoms with Crippen molar-refractivity contribution in [3.63, 3.8) is 0 Å². The predicted octanol–water partition coefficient (Wildman–Crippen LogP) is 0.349. The van der Waals surface area contributed by atoms with E-state index in [1.807, 2.05) is 17.0 Å². The maximum atomic E-state index is 11.5. The van der Waals surface area contributed by atoms with Gasteiger partial charge >= 0.3 is 6.03 Å². The highest BCUT2D eigenvalue weighted by atomic mass is 16.3. The molecule has 2 aliphatic heterocycles. The van der Waals surface area contributed by atoms with E-state index in [2.05, 4.69) is 15.2 Å². The zero-order valence-electron chi connectivity index (χ0n) is 10.9. The summed E-state index contributed by atoms with van der Waals surface area (Å²) >= 11 is 0. The molecular formula is C13H18N4O2. The number of hydrogen-bond acceptors (Lipinski definition) is 4. The van der Waals surface area contributed by atoms with Crippen LogP contribution in [-0.2, 0) is 0 Å². The van der Waals surface area contributed by atoms with Gasteiger partial charge in [-0.05, 0) is 19.1 Å². The molecule has 1 aromatic rings. The first-order valence-corrected chi connectivity index (χ1v) is 6.58. The monoisotopic (exact) mass is 262 g/mol. The first kappa shape index (κ1) is 12.2. The number of anilines is 1. The molecule has 19 heavy (non-hydrogen) atoms. The highest BCUT2D eigenvalue weighted by molar-refractivity contribution is 5.77. The maximum Gasteiger partial charge on any atom is 0.317 e. The van der Waals surface area contributed by atoms with Gasteiger partial charge in [-0.2, -0.15) is 0 Å². The van der Waals surface area contributed by atoms with Crippen molar-refractivity contribution in [1.82, 2.24) is 15.2 Å². The second kappa shape index (κ2) is 4.70. The van der Waals surface area contributed by atoms with Crippen molar-refractivity contribution in [3.8, 4) is 0 Å². The molecule has 3 heterocycles. The lowest BCUT2D eigenvalue weighted by Gasteiger charge is -2.37. The van der Waals surface area contributed by atoms with E-state index in [4.69, 9.17) is 0 Å². The van der Waals surface area contributed by atoms with E-state index in [1.54, 1.807) is 13.1 Å². The average Bonchev–Trinajstić information content (AvgIpc) is 2.80. The quantitative estimate of drug-likeness (QED) is 0.807. The number of rotatable bonds is 2. The summed E-state index contributed by atoms with van der Waals surface area (Å²) in [4.78, 5) is 19.9. The lowest BCUT2D eigenvalue weighted by atomic mass is 10.1. The molecule has 3 rings (SSSR count). The minimum Gasteiger partial charge on any atom is -0.387 e. The zero-order chi connectivity index (χ0) is 13.4. The van der Waals surface area contributed by atoms with Crippen LogP contribution in [0.5, 0.6) is 0 Å². The fraction of sp³-hybridized carbons (Fsp3) is 0.538. The Labute approximate surface area is 112 Å². The van der Waals surface area contributed by atoms with Gasteiger partial charge in [0.05, 0.1) is 29.7 Å². The molecule has 0 radical (unpaired) electrons. The Morgan fingerprint density at radius 2 is 2.32 bits per heavy atom. The van der Waals surface area contributed by atoms with Crippen molar-refractivity contribution in [2.45, 2.75) is 19.1 Å². The third-order valence-electron chi connectivity index (χ3n) is 3.80. The molecule has 0 aliphatic carbocycles. The molecule has 0 aromatic carbocycles. The van der Waals surface area contributed by atoms with Gasteiger partial charge in [-0.1, -0.05) is 0 Å². The third kappa shape index (κ3) is 2.23. The molecule has 102 valence electrons. The molecule has 2 fully saturated rings. The fourth-order valence-electron chi connectivity index (χ4n) is 2.67. The van der Waals surface area contributed by atoms with Crippen LogP contribution in [0.15, 0.2) is 18.3 Å². The molecule has 1 aromatic heterocycles. The van der Waals surface area contributed by atoms with Gasteiger partial charge in [0.1, 0.15) is 0 Å². The Kier molecular flexibility index (Phi) is 3.02. The highest BCUT2D eigenvalue weighted by Crippen LogP contribution is 2.21. The van der Waals surface area contributed by atoms with Crippen molar-refractivity contribution in [2.75, 3.05) is 31.1 Å². The van der Waals surface area contributed by atoms with Crippen LogP contribution in [0.2, 0.25) is 0 Å². The first-order valence-electron chi connectivity index (χ1n) is 6.58. The van der Waals surface area contributed by atoms with Crippen molar-refractivity contribution in [3.05, 3.63) is 24.0 Å². The lowest BCUT2D eigenvalue weighted by Crippen LogP contribution is -2.52. The van der Waals surface area contributed by atoms with E-state index < -0.39 is 6.10 Å². The second-order valence-electron chi connectivity index (χ2n) is 5.10. The summed E-state index contributed by atoms with van der Waals surface area (Å²) in [6, 6.07) is 4.13. The molecule has 2 saturated heterocycles. The number of amides is 2. The van der Waals surface area contributed by atoms with Gasteiger partial charge in [0.15, 0.2) is 0 Å². The van der Waals surface area contributed by atoms with Crippen molar-refractivity contribution in [2.24, 2.45) is 0 Å². The standard InChI is InChI=1S/C13H18N4O2/c1-9(18)12-3-2-10(6-14-12)16-4-5-17-11(8-16)7-15-13(17)19/h2-3,6,9,11,18H,4-5,7-8H2,1H3,(H,15,19). The highest BCUT2D eigenvalue weighted by Gasteiger charge is 2.35. The summed E-state index contributed by atoms with van der Waals surface area (Å²) in [5.74, 6) is 0. The van der Waals surface area contributed by atoms with E-state index in [0.717, 1.165) is 25.3 Å². The van der Waals surface area contributed by atoms with Gasteiger partial charge < -0.3 is 20.2 Å². The Morgan fingerprint density at radius 1 is 1.47 bits per heavy atom. The number of aromatic nitrogens is 1. The Balaban J connectivity index is 1.71. The predicted molar refractivity (Wildman–Crippen MR) is 71.0 cm³/mol. The number of aliphatic hydroxyl groups excluding tert-OH is 1. The summed E-state index contributed by atoms with van der Waals surface area (Å²) in [6.07, 6.45) is 1.25. The summed E-state index contributed by atoms with van der Waals surface area (Å²) in [6.45, 7) is 4.81. The molecule has 2 N–H and O–H groups in total. The topological polar surface area (TPSA) is 68.7 Å². The van der Waals surface area contributed by atoms with Crippen LogP contribution in [0.1, 0.15) is 18.7 Å². The lowest BCUT2D eigenvalue weighted by molar-refractivity contribution is 0.194. The molecule has 2 unspecified atom stereocenters. The maximum absolute atomic E-state index is 11.5. The fourth-order valence-corrected chi connectivity index (χ4v) is 2.67. The largest absolute Gasteiger partial charge is 0.387 e.